The first-order chi connectivity index (χ1) is 16.1. The van der Waals surface area contributed by atoms with Gasteiger partial charge >= 0.3 is 0 Å². The number of hydrogen-bond acceptors (Lipinski definition) is 7. The second-order valence-corrected chi connectivity index (χ2v) is 8.79. The van der Waals surface area contributed by atoms with Crippen molar-refractivity contribution < 1.29 is 4.79 Å². The van der Waals surface area contributed by atoms with Crippen molar-refractivity contribution in [2.24, 2.45) is 0 Å². The second kappa shape index (κ2) is 7.35. The van der Waals surface area contributed by atoms with Gasteiger partial charge in [0.05, 0.1) is 39.0 Å². The van der Waals surface area contributed by atoms with Gasteiger partial charge in [0.15, 0.2) is 11.6 Å². The lowest BCUT2D eigenvalue weighted by Gasteiger charge is -2.02. The quantitative estimate of drug-likeness (QED) is 0.321. The van der Waals surface area contributed by atoms with E-state index in [2.05, 4.69) is 25.1 Å². The number of nitrogens with one attached hydrogen (secondary N) is 2. The summed E-state index contributed by atoms with van der Waals surface area (Å²) in [5, 5.41) is 8.42. The van der Waals surface area contributed by atoms with Gasteiger partial charge in [0, 0.05) is 33.8 Å². The fourth-order valence-corrected chi connectivity index (χ4v) is 4.80. The summed E-state index contributed by atoms with van der Waals surface area (Å²) < 4.78 is 0. The molecule has 0 spiro atoms. The SMILES string of the molecule is CC(=O)c1ccc(-c2cccc3[nH]c(-c4n[nH]c5cnc(-c6cncc(N)c6)cc45)nc23)s1. The maximum atomic E-state index is 11.7. The predicted molar refractivity (Wildman–Crippen MR) is 130 cm³/mol. The average molecular weight is 452 g/mol. The van der Waals surface area contributed by atoms with Crippen LogP contribution in [0.1, 0.15) is 16.6 Å². The molecule has 0 saturated carbocycles. The summed E-state index contributed by atoms with van der Waals surface area (Å²) >= 11 is 1.47. The van der Waals surface area contributed by atoms with Crippen molar-refractivity contribution in [3.05, 3.63) is 65.9 Å². The van der Waals surface area contributed by atoms with E-state index in [0.29, 0.717) is 17.2 Å². The van der Waals surface area contributed by atoms with Crippen LogP contribution in [0.25, 0.3) is 55.2 Å². The molecule has 0 unspecified atom stereocenters. The Labute approximate surface area is 191 Å². The molecule has 0 atom stereocenters. The number of aromatic nitrogens is 6. The van der Waals surface area contributed by atoms with Gasteiger partial charge < -0.3 is 10.7 Å². The number of pyridine rings is 2. The summed E-state index contributed by atoms with van der Waals surface area (Å²) in [7, 11) is 0. The van der Waals surface area contributed by atoms with Gasteiger partial charge in [-0.1, -0.05) is 12.1 Å². The minimum Gasteiger partial charge on any atom is -0.397 e. The van der Waals surface area contributed by atoms with Crippen LogP contribution in [0.5, 0.6) is 0 Å². The molecule has 0 amide bonds. The third kappa shape index (κ3) is 3.26. The van der Waals surface area contributed by atoms with Gasteiger partial charge in [-0.25, -0.2) is 4.98 Å². The summed E-state index contributed by atoms with van der Waals surface area (Å²) in [6.07, 6.45) is 5.08. The molecule has 0 aliphatic heterocycles. The predicted octanol–water partition coefficient (Wildman–Crippen LogP) is 5.08. The lowest BCUT2D eigenvalue weighted by Crippen LogP contribution is -1.90. The highest BCUT2D eigenvalue weighted by Gasteiger charge is 2.17. The van der Waals surface area contributed by atoms with E-state index in [1.165, 1.54) is 11.3 Å². The summed E-state index contributed by atoms with van der Waals surface area (Å²) in [4.78, 5) is 30.4. The Kier molecular flexibility index (Phi) is 4.30. The number of Topliss-reactive ketones (excluding diaryl/α,β-unsaturated/α-hetero) is 1. The average Bonchev–Trinajstić information content (AvgIpc) is 3.55. The van der Waals surface area contributed by atoms with Gasteiger partial charge in [0.2, 0.25) is 0 Å². The van der Waals surface area contributed by atoms with E-state index in [9.17, 15) is 4.79 Å². The fraction of sp³-hybridized carbons (Fsp3) is 0.0417. The smallest absolute Gasteiger partial charge is 0.169 e. The lowest BCUT2D eigenvalue weighted by molar-refractivity contribution is 0.102. The van der Waals surface area contributed by atoms with E-state index in [4.69, 9.17) is 10.7 Å². The second-order valence-electron chi connectivity index (χ2n) is 7.70. The maximum absolute atomic E-state index is 11.7. The van der Waals surface area contributed by atoms with E-state index in [-0.39, 0.29) is 5.78 Å². The van der Waals surface area contributed by atoms with E-state index in [1.54, 1.807) is 25.5 Å². The van der Waals surface area contributed by atoms with Crippen LogP contribution in [0.15, 0.2) is 61.1 Å². The third-order valence-corrected chi connectivity index (χ3v) is 6.68. The zero-order valence-electron chi connectivity index (χ0n) is 17.5. The Morgan fingerprint density at radius 3 is 2.79 bits per heavy atom. The largest absolute Gasteiger partial charge is 0.397 e. The molecule has 33 heavy (non-hydrogen) atoms. The maximum Gasteiger partial charge on any atom is 0.169 e. The highest BCUT2D eigenvalue weighted by Crippen LogP contribution is 2.35. The zero-order valence-corrected chi connectivity index (χ0v) is 18.3. The number of rotatable bonds is 4. The number of H-pyrrole nitrogens is 2. The zero-order chi connectivity index (χ0) is 22.5. The van der Waals surface area contributed by atoms with Crippen LogP contribution >= 0.6 is 11.3 Å². The number of thiophene rings is 1. The van der Waals surface area contributed by atoms with Crippen molar-refractivity contribution >= 4 is 44.7 Å². The first-order valence-corrected chi connectivity index (χ1v) is 11.0. The number of para-hydroxylation sites is 1. The van der Waals surface area contributed by atoms with Crippen molar-refractivity contribution in [3.8, 4) is 33.2 Å². The van der Waals surface area contributed by atoms with Crippen LogP contribution in [0.3, 0.4) is 0 Å². The van der Waals surface area contributed by atoms with E-state index >= 15 is 0 Å². The topological polar surface area (TPSA) is 126 Å². The van der Waals surface area contributed by atoms with Gasteiger partial charge in [-0.15, -0.1) is 11.3 Å². The highest BCUT2D eigenvalue weighted by molar-refractivity contribution is 7.17. The van der Waals surface area contributed by atoms with E-state index in [0.717, 1.165) is 48.5 Å². The number of carbonyl (C=O) groups excluding carboxylic acids is 1. The van der Waals surface area contributed by atoms with Crippen LogP contribution in [0, 0.1) is 0 Å². The minimum absolute atomic E-state index is 0.0592. The molecular formula is C24H17N7OS. The van der Waals surface area contributed by atoms with Crippen molar-refractivity contribution in [1.82, 2.24) is 30.1 Å². The number of ketones is 1. The molecule has 6 aromatic rings. The monoisotopic (exact) mass is 451 g/mol. The number of nitrogens with two attached hydrogens (primary N) is 1. The molecule has 5 heterocycles. The van der Waals surface area contributed by atoms with Crippen LogP contribution in [-0.2, 0) is 0 Å². The Morgan fingerprint density at radius 2 is 1.97 bits per heavy atom. The molecule has 0 fully saturated rings. The number of aromatic amines is 2. The molecule has 9 heteroatoms. The molecule has 8 nitrogen and oxygen atoms in total. The van der Waals surface area contributed by atoms with Gasteiger partial charge in [0.25, 0.3) is 0 Å². The summed E-state index contributed by atoms with van der Waals surface area (Å²) in [5.41, 5.74) is 12.2. The van der Waals surface area contributed by atoms with Crippen LogP contribution in [0.4, 0.5) is 5.69 Å². The molecule has 160 valence electrons. The number of imidazole rings is 1. The molecule has 0 bridgehead atoms. The third-order valence-electron chi connectivity index (χ3n) is 5.46. The fourth-order valence-electron chi connectivity index (χ4n) is 3.87. The van der Waals surface area contributed by atoms with E-state index in [1.807, 2.05) is 42.5 Å². The number of nitrogens with zero attached hydrogens (tertiary/aromatic N) is 4. The molecule has 0 aliphatic rings. The molecule has 4 N–H and O–H groups in total. The Morgan fingerprint density at radius 1 is 1.06 bits per heavy atom. The number of anilines is 1. The van der Waals surface area contributed by atoms with Crippen molar-refractivity contribution in [3.63, 3.8) is 0 Å². The first kappa shape index (κ1) is 19.3. The number of benzene rings is 1. The van der Waals surface area contributed by atoms with Crippen LogP contribution in [0.2, 0.25) is 0 Å². The lowest BCUT2D eigenvalue weighted by atomic mass is 10.1. The number of hydrogen-bond donors (Lipinski definition) is 3. The molecular weight excluding hydrogens is 434 g/mol. The highest BCUT2D eigenvalue weighted by atomic mass is 32.1. The van der Waals surface area contributed by atoms with E-state index < -0.39 is 0 Å². The van der Waals surface area contributed by atoms with Crippen molar-refractivity contribution in [1.29, 1.82) is 0 Å². The summed E-state index contributed by atoms with van der Waals surface area (Å²) in [5.74, 6) is 0.707. The van der Waals surface area contributed by atoms with Crippen molar-refractivity contribution in [2.45, 2.75) is 6.92 Å². The normalized spacial score (nSPS) is 11.4. The van der Waals surface area contributed by atoms with Gasteiger partial charge in [0.1, 0.15) is 5.69 Å². The molecule has 1 aromatic carbocycles. The number of nitrogen functional groups attached to an aromatic ring is 1. The Bertz CT molecular complexity index is 1680. The molecule has 6 rings (SSSR count). The summed E-state index contributed by atoms with van der Waals surface area (Å²) in [6, 6.07) is 13.6. The van der Waals surface area contributed by atoms with Gasteiger partial charge in [-0.05, 0) is 37.3 Å². The van der Waals surface area contributed by atoms with Gasteiger partial charge in [-0.2, -0.15) is 5.10 Å². The van der Waals surface area contributed by atoms with Crippen LogP contribution in [-0.4, -0.2) is 35.9 Å². The number of carbonyl (C=O) groups is 1. The molecule has 5 aromatic heterocycles. The molecule has 0 radical (unpaired) electrons. The number of fused-ring (bicyclic) bond motifs is 2. The molecule has 0 aliphatic carbocycles. The molecule has 0 saturated heterocycles. The Balaban J connectivity index is 1.48. The minimum atomic E-state index is 0.0592. The first-order valence-electron chi connectivity index (χ1n) is 10.2. The van der Waals surface area contributed by atoms with Crippen LogP contribution < -0.4 is 5.73 Å². The Hall–Kier alpha value is -4.37. The standard InChI is InChI=1S/C24H17N7OS/c1-12(32)20-5-6-21(33-20)15-3-2-4-17-22(15)29-24(28-17)23-16-8-18(27-11-19(16)30-31-23)13-7-14(25)10-26-9-13/h2-11H,25H2,1H3,(H,28,29)(H,30,31). The van der Waals surface area contributed by atoms with Gasteiger partial charge in [-0.3, -0.25) is 19.9 Å². The summed E-state index contributed by atoms with van der Waals surface area (Å²) in [6.45, 7) is 1.58. The van der Waals surface area contributed by atoms with Crippen molar-refractivity contribution in [2.75, 3.05) is 5.73 Å².